The Kier molecular flexibility index (Phi) is 3.87. The third-order valence-corrected chi connectivity index (χ3v) is 4.85. The van der Waals surface area contributed by atoms with Gasteiger partial charge in [0.25, 0.3) is 5.56 Å². The Hall–Kier alpha value is -1.95. The van der Waals surface area contributed by atoms with Gasteiger partial charge < -0.3 is 4.98 Å². The topological polar surface area (TPSA) is 63.6 Å². The van der Waals surface area contributed by atoms with Crippen LogP contribution in [-0.4, -0.2) is 19.7 Å². The first kappa shape index (κ1) is 15.0. The molecule has 3 rings (SSSR count). The summed E-state index contributed by atoms with van der Waals surface area (Å²) < 4.78 is 1.91. The highest BCUT2D eigenvalue weighted by Gasteiger charge is 2.14. The Morgan fingerprint density at radius 1 is 1.41 bits per heavy atom. The molecule has 0 aromatic carbocycles. The first-order chi connectivity index (χ1) is 10.5. The van der Waals surface area contributed by atoms with Crippen LogP contribution >= 0.6 is 11.3 Å². The summed E-state index contributed by atoms with van der Waals surface area (Å²) in [5.41, 5.74) is 1.99. The van der Waals surface area contributed by atoms with E-state index in [1.807, 2.05) is 16.9 Å². The predicted octanol–water partition coefficient (Wildman–Crippen LogP) is 3.22. The fourth-order valence-corrected chi connectivity index (χ4v) is 3.79. The number of aromatic nitrogens is 4. The molecule has 6 heteroatoms. The van der Waals surface area contributed by atoms with Crippen molar-refractivity contribution in [2.75, 3.05) is 0 Å². The van der Waals surface area contributed by atoms with E-state index in [0.29, 0.717) is 18.3 Å². The molecule has 0 fully saturated rings. The Balaban J connectivity index is 1.99. The normalized spacial score (nSPS) is 11.7. The number of thiophene rings is 1. The zero-order valence-corrected chi connectivity index (χ0v) is 14.1. The molecule has 0 unspecified atom stereocenters. The highest BCUT2D eigenvalue weighted by molar-refractivity contribution is 7.18. The van der Waals surface area contributed by atoms with Gasteiger partial charge in [0.05, 0.1) is 17.5 Å². The average Bonchev–Trinajstić information content (AvgIpc) is 3.02. The zero-order chi connectivity index (χ0) is 15.9. The lowest BCUT2D eigenvalue weighted by Crippen LogP contribution is -2.12. The fraction of sp³-hybridized carbons (Fsp3) is 0.438. The number of aromatic amines is 1. The van der Waals surface area contributed by atoms with Crippen LogP contribution in [0.5, 0.6) is 0 Å². The monoisotopic (exact) mass is 316 g/mol. The Labute approximate surface area is 133 Å². The number of nitrogens with one attached hydrogen (secondary N) is 1. The molecule has 0 saturated carbocycles. The summed E-state index contributed by atoms with van der Waals surface area (Å²) in [5, 5.41) is 5.26. The van der Waals surface area contributed by atoms with Crippen molar-refractivity contribution in [1.82, 2.24) is 19.7 Å². The van der Waals surface area contributed by atoms with Crippen molar-refractivity contribution in [3.63, 3.8) is 0 Å². The van der Waals surface area contributed by atoms with Gasteiger partial charge in [-0.05, 0) is 38.8 Å². The molecule has 3 heterocycles. The zero-order valence-electron chi connectivity index (χ0n) is 13.3. The van der Waals surface area contributed by atoms with Gasteiger partial charge in [-0.15, -0.1) is 11.3 Å². The molecule has 0 amide bonds. The Morgan fingerprint density at radius 2 is 2.18 bits per heavy atom. The first-order valence-electron chi connectivity index (χ1n) is 7.54. The van der Waals surface area contributed by atoms with Crippen molar-refractivity contribution in [2.24, 2.45) is 0 Å². The average molecular weight is 316 g/mol. The van der Waals surface area contributed by atoms with Gasteiger partial charge >= 0.3 is 0 Å². The maximum atomic E-state index is 12.4. The second kappa shape index (κ2) is 5.68. The summed E-state index contributed by atoms with van der Waals surface area (Å²) in [6.45, 7) is 8.29. The van der Waals surface area contributed by atoms with Crippen molar-refractivity contribution in [1.29, 1.82) is 0 Å². The second-order valence-electron chi connectivity index (χ2n) is 5.74. The van der Waals surface area contributed by atoms with Crippen molar-refractivity contribution in [3.05, 3.63) is 44.6 Å². The van der Waals surface area contributed by atoms with Gasteiger partial charge in [-0.25, -0.2) is 4.98 Å². The predicted molar refractivity (Wildman–Crippen MR) is 89.8 cm³/mol. The van der Waals surface area contributed by atoms with Gasteiger partial charge in [0.15, 0.2) is 0 Å². The summed E-state index contributed by atoms with van der Waals surface area (Å²) in [7, 11) is 0. The summed E-state index contributed by atoms with van der Waals surface area (Å²) in [6, 6.07) is 2.30. The molecule has 22 heavy (non-hydrogen) atoms. The quantitative estimate of drug-likeness (QED) is 0.804. The second-order valence-corrected chi connectivity index (χ2v) is 6.94. The molecule has 116 valence electrons. The fourth-order valence-electron chi connectivity index (χ4n) is 2.66. The summed E-state index contributed by atoms with van der Waals surface area (Å²) in [4.78, 5) is 21.9. The van der Waals surface area contributed by atoms with Gasteiger partial charge in [-0.1, -0.05) is 6.92 Å². The molecule has 0 radical (unpaired) electrons. The van der Waals surface area contributed by atoms with E-state index in [9.17, 15) is 4.79 Å². The van der Waals surface area contributed by atoms with Crippen LogP contribution in [-0.2, 0) is 12.8 Å². The van der Waals surface area contributed by atoms with Crippen molar-refractivity contribution in [2.45, 2.75) is 46.6 Å². The molecule has 0 bridgehead atoms. The summed E-state index contributed by atoms with van der Waals surface area (Å²) >= 11 is 1.60. The van der Waals surface area contributed by atoms with E-state index in [2.05, 4.69) is 42.8 Å². The number of H-pyrrole nitrogens is 1. The molecular weight excluding hydrogens is 296 g/mol. The molecule has 0 saturated heterocycles. The Bertz CT molecular complexity index is 872. The molecule has 5 nitrogen and oxygen atoms in total. The van der Waals surface area contributed by atoms with Gasteiger partial charge in [0.2, 0.25) is 0 Å². The summed E-state index contributed by atoms with van der Waals surface area (Å²) in [6.07, 6.45) is 3.36. The Morgan fingerprint density at radius 3 is 2.82 bits per heavy atom. The number of hydrogen-bond donors (Lipinski definition) is 1. The maximum Gasteiger partial charge on any atom is 0.259 e. The third-order valence-electron chi connectivity index (χ3n) is 3.81. The number of rotatable bonds is 4. The van der Waals surface area contributed by atoms with Gasteiger partial charge in [0.1, 0.15) is 10.7 Å². The third kappa shape index (κ3) is 2.59. The SMILES string of the molecule is CCc1c(C)sc2nc(Cc3ccn(C(C)C)n3)[nH]c(=O)c12. The molecule has 0 atom stereocenters. The lowest BCUT2D eigenvalue weighted by atomic mass is 10.1. The molecular formula is C16H20N4OS. The van der Waals surface area contributed by atoms with E-state index in [1.165, 1.54) is 4.88 Å². The van der Waals surface area contributed by atoms with Gasteiger partial charge in [0, 0.05) is 17.1 Å². The molecule has 3 aromatic rings. The maximum absolute atomic E-state index is 12.4. The van der Waals surface area contributed by atoms with Crippen LogP contribution < -0.4 is 5.56 Å². The van der Waals surface area contributed by atoms with Crippen LogP contribution in [0.15, 0.2) is 17.1 Å². The van der Waals surface area contributed by atoms with E-state index < -0.39 is 0 Å². The molecule has 0 aliphatic rings. The van der Waals surface area contributed by atoms with E-state index in [0.717, 1.165) is 27.9 Å². The van der Waals surface area contributed by atoms with E-state index in [4.69, 9.17) is 0 Å². The smallest absolute Gasteiger partial charge is 0.259 e. The summed E-state index contributed by atoms with van der Waals surface area (Å²) in [5.74, 6) is 0.676. The number of nitrogens with zero attached hydrogens (tertiary/aromatic N) is 3. The number of hydrogen-bond acceptors (Lipinski definition) is 4. The highest BCUT2D eigenvalue weighted by Crippen LogP contribution is 2.27. The lowest BCUT2D eigenvalue weighted by Gasteiger charge is -2.04. The minimum Gasteiger partial charge on any atom is -0.310 e. The number of fused-ring (bicyclic) bond motifs is 1. The van der Waals surface area contributed by atoms with E-state index in [1.54, 1.807) is 11.3 Å². The van der Waals surface area contributed by atoms with Crippen LogP contribution in [0.4, 0.5) is 0 Å². The molecule has 0 aliphatic heterocycles. The van der Waals surface area contributed by atoms with Crippen LogP contribution in [0.2, 0.25) is 0 Å². The molecule has 3 aromatic heterocycles. The van der Waals surface area contributed by atoms with Crippen LogP contribution in [0.1, 0.15) is 48.8 Å². The van der Waals surface area contributed by atoms with Gasteiger partial charge in [-0.3, -0.25) is 9.48 Å². The van der Waals surface area contributed by atoms with E-state index >= 15 is 0 Å². The highest BCUT2D eigenvalue weighted by atomic mass is 32.1. The van der Waals surface area contributed by atoms with Crippen molar-refractivity contribution >= 4 is 21.6 Å². The first-order valence-corrected chi connectivity index (χ1v) is 8.36. The minimum absolute atomic E-state index is 0.0375. The largest absolute Gasteiger partial charge is 0.310 e. The lowest BCUT2D eigenvalue weighted by molar-refractivity contribution is 0.527. The standard InChI is InChI=1S/C16H20N4OS/c1-5-12-10(4)22-16-14(12)15(21)17-13(18-16)8-11-6-7-20(19-11)9(2)3/h6-7,9H,5,8H2,1-4H3,(H,17,18,21). The minimum atomic E-state index is -0.0375. The van der Waals surface area contributed by atoms with Gasteiger partial charge in [-0.2, -0.15) is 5.10 Å². The van der Waals surface area contributed by atoms with Crippen molar-refractivity contribution in [3.8, 4) is 0 Å². The van der Waals surface area contributed by atoms with Crippen LogP contribution in [0, 0.1) is 6.92 Å². The van der Waals surface area contributed by atoms with Crippen LogP contribution in [0.3, 0.4) is 0 Å². The molecule has 0 aliphatic carbocycles. The van der Waals surface area contributed by atoms with E-state index in [-0.39, 0.29) is 5.56 Å². The molecule has 1 N–H and O–H groups in total. The molecule has 0 spiro atoms. The van der Waals surface area contributed by atoms with Crippen molar-refractivity contribution < 1.29 is 0 Å². The van der Waals surface area contributed by atoms with Crippen LogP contribution in [0.25, 0.3) is 10.2 Å². The number of aryl methyl sites for hydroxylation is 2.